The highest BCUT2D eigenvalue weighted by atomic mass is 16.5. The first kappa shape index (κ1) is 22.7. The topological polar surface area (TPSA) is 89.8 Å². The molecule has 0 unspecified atom stereocenters. The van der Waals surface area contributed by atoms with Crippen molar-refractivity contribution in [3.8, 4) is 11.5 Å². The molecule has 2 N–H and O–H groups in total. The first-order valence-corrected chi connectivity index (χ1v) is 10.8. The zero-order valence-electron chi connectivity index (χ0n) is 18.4. The molecule has 3 aromatic carbocycles. The lowest BCUT2D eigenvalue weighted by Crippen LogP contribution is -2.26. The molecule has 4 rings (SSSR count). The van der Waals surface area contributed by atoms with Crippen LogP contribution >= 0.6 is 0 Å². The van der Waals surface area contributed by atoms with Crippen molar-refractivity contribution in [1.29, 1.82) is 0 Å². The molecule has 0 atom stereocenters. The number of amides is 2. The van der Waals surface area contributed by atoms with Crippen molar-refractivity contribution in [2.24, 2.45) is 0 Å². The Morgan fingerprint density at radius 2 is 1.47 bits per heavy atom. The number of hydrogen-bond donors (Lipinski definition) is 2. The Morgan fingerprint density at radius 3 is 2.21 bits per heavy atom. The van der Waals surface area contributed by atoms with E-state index in [0.717, 1.165) is 5.56 Å². The minimum Gasteiger partial charge on any atom is -0.489 e. The molecule has 0 bridgehead atoms. The van der Waals surface area contributed by atoms with Gasteiger partial charge in [0.1, 0.15) is 23.9 Å². The van der Waals surface area contributed by atoms with Crippen LogP contribution in [0.25, 0.3) is 0 Å². The minimum absolute atomic E-state index is 0.202. The van der Waals surface area contributed by atoms with E-state index in [9.17, 15) is 9.59 Å². The number of nitrogens with one attached hydrogen (secondary N) is 2. The summed E-state index contributed by atoms with van der Waals surface area (Å²) in [7, 11) is 0. The highest BCUT2D eigenvalue weighted by molar-refractivity contribution is 6.04. The van der Waals surface area contributed by atoms with Crippen LogP contribution in [0.2, 0.25) is 0 Å². The third-order valence-corrected chi connectivity index (χ3v) is 4.89. The van der Waals surface area contributed by atoms with E-state index >= 15 is 0 Å². The normalized spacial score (nSPS) is 10.4. The average molecular weight is 456 g/mol. The summed E-state index contributed by atoms with van der Waals surface area (Å²) in [5.74, 6) is 1.18. The number of furan rings is 1. The van der Waals surface area contributed by atoms with Crippen molar-refractivity contribution in [3.05, 3.63) is 114 Å². The second-order valence-corrected chi connectivity index (χ2v) is 7.39. The number of hydrogen-bond acceptors (Lipinski definition) is 5. The second kappa shape index (κ2) is 11.4. The zero-order chi connectivity index (χ0) is 23.6. The Labute approximate surface area is 197 Å². The third-order valence-electron chi connectivity index (χ3n) is 4.89. The summed E-state index contributed by atoms with van der Waals surface area (Å²) in [6.45, 7) is 0.521. The maximum Gasteiger partial charge on any atom is 0.262 e. The van der Waals surface area contributed by atoms with Gasteiger partial charge in [-0.2, -0.15) is 0 Å². The molecule has 0 radical (unpaired) electrons. The smallest absolute Gasteiger partial charge is 0.262 e. The van der Waals surface area contributed by atoms with Crippen molar-refractivity contribution in [1.82, 2.24) is 5.32 Å². The number of carbonyl (C=O) groups excluding carboxylic acids is 2. The molecule has 7 heteroatoms. The lowest BCUT2D eigenvalue weighted by atomic mass is 10.1. The number of anilines is 1. The molecule has 2 amide bonds. The van der Waals surface area contributed by atoms with Crippen molar-refractivity contribution in [2.75, 3.05) is 11.9 Å². The van der Waals surface area contributed by atoms with Crippen LogP contribution < -0.4 is 20.1 Å². The van der Waals surface area contributed by atoms with Crippen LogP contribution in [0.15, 0.2) is 102 Å². The van der Waals surface area contributed by atoms with E-state index < -0.39 is 0 Å². The lowest BCUT2D eigenvalue weighted by molar-refractivity contribution is -0.118. The average Bonchev–Trinajstić information content (AvgIpc) is 3.40. The van der Waals surface area contributed by atoms with E-state index in [0.29, 0.717) is 35.1 Å². The summed E-state index contributed by atoms with van der Waals surface area (Å²) in [4.78, 5) is 25.0. The summed E-state index contributed by atoms with van der Waals surface area (Å²) in [6, 6.07) is 27.2. The van der Waals surface area contributed by atoms with Gasteiger partial charge in [-0.3, -0.25) is 9.59 Å². The number of ether oxygens (including phenoxy) is 2. The van der Waals surface area contributed by atoms with Gasteiger partial charge in [-0.25, -0.2) is 0 Å². The maximum atomic E-state index is 12.6. The molecule has 0 fully saturated rings. The van der Waals surface area contributed by atoms with Gasteiger partial charge >= 0.3 is 0 Å². The van der Waals surface area contributed by atoms with Crippen LogP contribution in [0.4, 0.5) is 5.69 Å². The first-order chi connectivity index (χ1) is 16.7. The van der Waals surface area contributed by atoms with Gasteiger partial charge in [0.15, 0.2) is 6.61 Å². The van der Waals surface area contributed by atoms with Gasteiger partial charge in [0.2, 0.25) is 0 Å². The molecule has 0 aliphatic heterocycles. The van der Waals surface area contributed by atoms with Gasteiger partial charge in [-0.05, 0) is 54.1 Å². The Bertz CT molecular complexity index is 1210. The Balaban J connectivity index is 1.26. The third kappa shape index (κ3) is 6.49. The fourth-order valence-electron chi connectivity index (χ4n) is 3.17. The van der Waals surface area contributed by atoms with Gasteiger partial charge in [0, 0.05) is 0 Å². The lowest BCUT2D eigenvalue weighted by Gasteiger charge is -2.12. The van der Waals surface area contributed by atoms with Crippen LogP contribution in [0, 0.1) is 0 Å². The molecule has 0 spiro atoms. The van der Waals surface area contributed by atoms with Crippen molar-refractivity contribution in [2.45, 2.75) is 13.2 Å². The predicted molar refractivity (Wildman–Crippen MR) is 128 cm³/mol. The number of rotatable bonds is 10. The van der Waals surface area contributed by atoms with E-state index in [4.69, 9.17) is 13.9 Å². The molecule has 34 heavy (non-hydrogen) atoms. The standard InChI is InChI=1S/C27H24N2O5/c30-26(19-34-22-14-12-21(13-15-22)33-18-20-7-2-1-3-8-20)29-25-11-5-4-10-24(25)27(31)28-17-23-9-6-16-32-23/h1-16H,17-19H2,(H,28,31)(H,29,30). The summed E-state index contributed by atoms with van der Waals surface area (Å²) >= 11 is 0. The van der Waals surface area contributed by atoms with Crippen molar-refractivity contribution >= 4 is 17.5 Å². The molecule has 0 saturated carbocycles. The molecular formula is C27H24N2O5. The molecule has 0 aliphatic carbocycles. The largest absolute Gasteiger partial charge is 0.489 e. The summed E-state index contributed by atoms with van der Waals surface area (Å²) in [5, 5.41) is 5.50. The molecule has 172 valence electrons. The number of carbonyl (C=O) groups is 2. The van der Waals surface area contributed by atoms with Gasteiger partial charge < -0.3 is 24.5 Å². The van der Waals surface area contributed by atoms with Crippen molar-refractivity contribution in [3.63, 3.8) is 0 Å². The van der Waals surface area contributed by atoms with Gasteiger partial charge in [-0.1, -0.05) is 42.5 Å². The Hall–Kier alpha value is -4.52. The molecule has 0 aliphatic rings. The van der Waals surface area contributed by atoms with E-state index in [-0.39, 0.29) is 25.0 Å². The first-order valence-electron chi connectivity index (χ1n) is 10.8. The van der Waals surface area contributed by atoms with Crippen LogP contribution in [-0.4, -0.2) is 18.4 Å². The van der Waals surface area contributed by atoms with Gasteiger partial charge in [0.05, 0.1) is 24.1 Å². The highest BCUT2D eigenvalue weighted by Crippen LogP contribution is 2.19. The summed E-state index contributed by atoms with van der Waals surface area (Å²) in [6.07, 6.45) is 1.54. The van der Waals surface area contributed by atoms with E-state index in [1.165, 1.54) is 0 Å². The number of para-hydroxylation sites is 1. The van der Waals surface area contributed by atoms with Crippen LogP contribution in [0.1, 0.15) is 21.7 Å². The summed E-state index contributed by atoms with van der Waals surface area (Å²) < 4.78 is 16.5. The van der Waals surface area contributed by atoms with Crippen LogP contribution in [-0.2, 0) is 17.9 Å². The fourth-order valence-corrected chi connectivity index (χ4v) is 3.17. The molecule has 4 aromatic rings. The van der Waals surface area contributed by atoms with Gasteiger partial charge in [0.25, 0.3) is 11.8 Å². The van der Waals surface area contributed by atoms with E-state index in [1.54, 1.807) is 66.9 Å². The van der Waals surface area contributed by atoms with E-state index in [2.05, 4.69) is 10.6 Å². The van der Waals surface area contributed by atoms with Gasteiger partial charge in [-0.15, -0.1) is 0 Å². The van der Waals surface area contributed by atoms with Crippen LogP contribution in [0.5, 0.6) is 11.5 Å². The predicted octanol–water partition coefficient (Wildman–Crippen LogP) is 4.81. The summed E-state index contributed by atoms with van der Waals surface area (Å²) in [5.41, 5.74) is 1.83. The minimum atomic E-state index is -0.379. The van der Waals surface area contributed by atoms with Crippen LogP contribution in [0.3, 0.4) is 0 Å². The Kier molecular flexibility index (Phi) is 7.58. The molecular weight excluding hydrogens is 432 g/mol. The quantitative estimate of drug-likeness (QED) is 0.358. The highest BCUT2D eigenvalue weighted by Gasteiger charge is 2.14. The monoisotopic (exact) mass is 456 g/mol. The van der Waals surface area contributed by atoms with E-state index in [1.807, 2.05) is 30.3 Å². The SMILES string of the molecule is O=C(COc1ccc(OCc2ccccc2)cc1)Nc1ccccc1C(=O)NCc1ccco1. The molecule has 1 heterocycles. The fraction of sp³-hybridized carbons (Fsp3) is 0.111. The molecule has 7 nitrogen and oxygen atoms in total. The molecule has 1 aromatic heterocycles. The maximum absolute atomic E-state index is 12.6. The second-order valence-electron chi connectivity index (χ2n) is 7.39. The van der Waals surface area contributed by atoms with Crippen molar-refractivity contribution < 1.29 is 23.5 Å². The zero-order valence-corrected chi connectivity index (χ0v) is 18.4. The Morgan fingerprint density at radius 1 is 0.765 bits per heavy atom. The molecule has 0 saturated heterocycles. The number of benzene rings is 3.